The number of nitrogens with two attached hydrogens (primary N) is 1. The lowest BCUT2D eigenvalue weighted by Crippen LogP contribution is -2.11. The van der Waals surface area contributed by atoms with Gasteiger partial charge in [0.2, 0.25) is 6.79 Å². The van der Waals surface area contributed by atoms with Crippen molar-refractivity contribution in [2.45, 2.75) is 26.7 Å². The number of rotatable bonds is 5. The van der Waals surface area contributed by atoms with Crippen LogP contribution in [0.4, 0.5) is 0 Å². The topological polar surface area (TPSA) is 78.6 Å². The fraction of sp³-hybridized carbons (Fsp3) is 0.556. The van der Waals surface area contributed by atoms with E-state index in [4.69, 9.17) is 5.73 Å². The summed E-state index contributed by atoms with van der Waals surface area (Å²) in [5.41, 5.74) is 5.57. The fourth-order valence-electron chi connectivity index (χ4n) is 0.657. The van der Waals surface area contributed by atoms with Crippen LogP contribution in [0.1, 0.15) is 26.7 Å². The SMILES string of the molecule is CCCC(=O)OCOC(=O)C=C(C)N. The molecule has 0 amide bonds. The minimum absolute atomic E-state index is 0.323. The lowest BCUT2D eigenvalue weighted by Gasteiger charge is -2.03. The third kappa shape index (κ3) is 7.15. The van der Waals surface area contributed by atoms with Gasteiger partial charge in [-0.05, 0) is 13.3 Å². The number of carbonyl (C=O) groups excluding carboxylic acids is 2. The summed E-state index contributed by atoms with van der Waals surface area (Å²) < 4.78 is 9.11. The van der Waals surface area contributed by atoms with Gasteiger partial charge in [-0.25, -0.2) is 4.79 Å². The van der Waals surface area contributed by atoms with Gasteiger partial charge in [-0.3, -0.25) is 4.79 Å². The maximum absolute atomic E-state index is 10.8. The summed E-state index contributed by atoms with van der Waals surface area (Å²) in [4.78, 5) is 21.6. The highest BCUT2D eigenvalue weighted by atomic mass is 16.7. The molecule has 0 saturated heterocycles. The highest BCUT2D eigenvalue weighted by molar-refractivity contribution is 5.82. The molecular formula is C9H15NO4. The molecule has 0 spiro atoms. The number of carbonyl (C=O) groups is 2. The van der Waals surface area contributed by atoms with Gasteiger partial charge in [0.15, 0.2) is 0 Å². The van der Waals surface area contributed by atoms with Gasteiger partial charge in [-0.2, -0.15) is 0 Å². The Kier molecular flexibility index (Phi) is 6.19. The van der Waals surface area contributed by atoms with Gasteiger partial charge in [0.05, 0.1) is 0 Å². The highest BCUT2D eigenvalue weighted by Crippen LogP contribution is 1.92. The van der Waals surface area contributed by atoms with Crippen molar-refractivity contribution in [3.05, 3.63) is 11.8 Å². The molecule has 0 radical (unpaired) electrons. The summed E-state index contributed by atoms with van der Waals surface area (Å²) in [6, 6.07) is 0. The van der Waals surface area contributed by atoms with Crippen molar-refractivity contribution in [1.29, 1.82) is 0 Å². The Morgan fingerprint density at radius 1 is 1.36 bits per heavy atom. The summed E-state index contributed by atoms with van der Waals surface area (Å²) in [7, 11) is 0. The molecule has 0 fully saturated rings. The van der Waals surface area contributed by atoms with Crippen LogP contribution in [0.2, 0.25) is 0 Å². The summed E-state index contributed by atoms with van der Waals surface area (Å²) in [6.07, 6.45) is 2.14. The van der Waals surface area contributed by atoms with Crippen LogP contribution in [0.25, 0.3) is 0 Å². The molecule has 14 heavy (non-hydrogen) atoms. The van der Waals surface area contributed by atoms with Crippen LogP contribution in [0.5, 0.6) is 0 Å². The smallest absolute Gasteiger partial charge is 0.335 e. The summed E-state index contributed by atoms with van der Waals surface area (Å²) in [5, 5.41) is 0. The molecule has 0 unspecified atom stereocenters. The van der Waals surface area contributed by atoms with Crippen molar-refractivity contribution >= 4 is 11.9 Å². The Morgan fingerprint density at radius 2 is 2.00 bits per heavy atom. The van der Waals surface area contributed by atoms with Crippen molar-refractivity contribution in [3.8, 4) is 0 Å². The second kappa shape index (κ2) is 6.94. The van der Waals surface area contributed by atoms with E-state index in [2.05, 4.69) is 9.47 Å². The Balaban J connectivity index is 3.59. The van der Waals surface area contributed by atoms with Crippen LogP contribution in [-0.2, 0) is 19.1 Å². The number of ether oxygens (including phenoxy) is 2. The minimum Gasteiger partial charge on any atom is -0.428 e. The lowest BCUT2D eigenvalue weighted by molar-refractivity contribution is -0.163. The van der Waals surface area contributed by atoms with Gasteiger partial charge in [-0.15, -0.1) is 0 Å². The van der Waals surface area contributed by atoms with Crippen molar-refractivity contribution in [3.63, 3.8) is 0 Å². The summed E-state index contributed by atoms with van der Waals surface area (Å²) >= 11 is 0. The van der Waals surface area contributed by atoms with Crippen molar-refractivity contribution in [2.75, 3.05) is 6.79 Å². The standard InChI is InChI=1S/C9H15NO4/c1-3-4-8(11)13-6-14-9(12)5-7(2)10/h5H,3-4,6,10H2,1-2H3. The normalized spacial score (nSPS) is 10.9. The minimum atomic E-state index is -0.616. The number of hydrogen-bond acceptors (Lipinski definition) is 5. The van der Waals surface area contributed by atoms with Crippen molar-refractivity contribution < 1.29 is 19.1 Å². The van der Waals surface area contributed by atoms with E-state index in [1.807, 2.05) is 6.92 Å². The Labute approximate surface area is 82.9 Å². The molecule has 5 heteroatoms. The van der Waals surface area contributed by atoms with Crippen LogP contribution < -0.4 is 5.73 Å². The quantitative estimate of drug-likeness (QED) is 0.402. The van der Waals surface area contributed by atoms with Gasteiger partial charge >= 0.3 is 11.9 Å². The average molecular weight is 201 g/mol. The first-order chi connectivity index (χ1) is 6.56. The van der Waals surface area contributed by atoms with Crippen molar-refractivity contribution in [2.24, 2.45) is 5.73 Å². The van der Waals surface area contributed by atoms with E-state index in [0.29, 0.717) is 18.5 Å². The lowest BCUT2D eigenvalue weighted by atomic mass is 10.3. The maximum atomic E-state index is 10.8. The van der Waals surface area contributed by atoms with Crippen LogP contribution in [0.3, 0.4) is 0 Å². The second-order valence-corrected chi connectivity index (χ2v) is 2.74. The van der Waals surface area contributed by atoms with Crippen LogP contribution in [0, 0.1) is 0 Å². The highest BCUT2D eigenvalue weighted by Gasteiger charge is 2.02. The largest absolute Gasteiger partial charge is 0.428 e. The molecule has 0 aliphatic rings. The van der Waals surface area contributed by atoms with E-state index in [1.165, 1.54) is 0 Å². The molecule has 2 N–H and O–H groups in total. The van der Waals surface area contributed by atoms with E-state index < -0.39 is 5.97 Å². The molecule has 0 aromatic carbocycles. The predicted molar refractivity (Wildman–Crippen MR) is 49.9 cm³/mol. The van der Waals surface area contributed by atoms with E-state index in [0.717, 1.165) is 6.08 Å². The Hall–Kier alpha value is -1.52. The molecule has 0 heterocycles. The van der Waals surface area contributed by atoms with Gasteiger partial charge in [0, 0.05) is 18.2 Å². The van der Waals surface area contributed by atoms with Crippen LogP contribution >= 0.6 is 0 Å². The van der Waals surface area contributed by atoms with Gasteiger partial charge in [0.1, 0.15) is 0 Å². The Morgan fingerprint density at radius 3 is 2.50 bits per heavy atom. The molecule has 0 aliphatic heterocycles. The monoisotopic (exact) mass is 201 g/mol. The third-order valence-corrected chi connectivity index (χ3v) is 1.22. The van der Waals surface area contributed by atoms with E-state index in [-0.39, 0.29) is 12.8 Å². The average Bonchev–Trinajstić information content (AvgIpc) is 2.02. The zero-order valence-corrected chi connectivity index (χ0v) is 8.41. The summed E-state index contributed by atoms with van der Waals surface area (Å²) in [5.74, 6) is -0.997. The third-order valence-electron chi connectivity index (χ3n) is 1.22. The van der Waals surface area contributed by atoms with Gasteiger partial charge in [-0.1, -0.05) is 6.92 Å². The fourth-order valence-corrected chi connectivity index (χ4v) is 0.657. The molecule has 0 saturated carbocycles. The maximum Gasteiger partial charge on any atom is 0.335 e. The summed E-state index contributed by atoms with van der Waals surface area (Å²) in [6.45, 7) is 3.06. The molecule has 0 rings (SSSR count). The molecule has 0 atom stereocenters. The second-order valence-electron chi connectivity index (χ2n) is 2.74. The molecule has 80 valence electrons. The number of esters is 2. The molecule has 0 bridgehead atoms. The molecule has 0 aliphatic carbocycles. The first-order valence-electron chi connectivity index (χ1n) is 4.32. The van der Waals surface area contributed by atoms with Gasteiger partial charge in [0.25, 0.3) is 0 Å². The first-order valence-corrected chi connectivity index (χ1v) is 4.32. The van der Waals surface area contributed by atoms with E-state index in [9.17, 15) is 9.59 Å². The van der Waals surface area contributed by atoms with Crippen molar-refractivity contribution in [1.82, 2.24) is 0 Å². The Bertz CT molecular complexity index is 231. The number of hydrogen-bond donors (Lipinski definition) is 1. The van der Waals surface area contributed by atoms with Gasteiger partial charge < -0.3 is 15.2 Å². The first kappa shape index (κ1) is 12.5. The number of allylic oxidation sites excluding steroid dienone is 1. The zero-order chi connectivity index (χ0) is 11.0. The van der Waals surface area contributed by atoms with Crippen LogP contribution in [-0.4, -0.2) is 18.7 Å². The van der Waals surface area contributed by atoms with E-state index >= 15 is 0 Å². The molecule has 0 aromatic rings. The molecule has 5 nitrogen and oxygen atoms in total. The zero-order valence-electron chi connectivity index (χ0n) is 8.41. The molecule has 0 aromatic heterocycles. The predicted octanol–water partition coefficient (Wildman–Crippen LogP) is 0.693. The molecular weight excluding hydrogens is 186 g/mol. The van der Waals surface area contributed by atoms with E-state index in [1.54, 1.807) is 6.92 Å². The van der Waals surface area contributed by atoms with Crippen LogP contribution in [0.15, 0.2) is 11.8 Å².